The van der Waals surface area contributed by atoms with E-state index in [0.717, 1.165) is 6.42 Å². The van der Waals surface area contributed by atoms with Gasteiger partial charge in [-0.25, -0.2) is 9.78 Å². The highest BCUT2D eigenvalue weighted by Crippen LogP contribution is 2.14. The van der Waals surface area contributed by atoms with Crippen LogP contribution in [0.25, 0.3) is 0 Å². The van der Waals surface area contributed by atoms with Gasteiger partial charge in [-0.1, -0.05) is 27.2 Å². The van der Waals surface area contributed by atoms with Crippen molar-refractivity contribution in [1.82, 2.24) is 10.3 Å². The minimum Gasteiger partial charge on any atom is -0.480 e. The maximum absolute atomic E-state index is 12.2. The Bertz CT molecular complexity index is 519. The number of carbonyl (C=O) groups excluding carboxylic acids is 1. The fourth-order valence-electron chi connectivity index (χ4n) is 1.81. The van der Waals surface area contributed by atoms with E-state index < -0.39 is 17.9 Å². The van der Waals surface area contributed by atoms with Gasteiger partial charge in [0.1, 0.15) is 6.04 Å². The van der Waals surface area contributed by atoms with Crippen LogP contribution in [0.1, 0.15) is 50.9 Å². The average Bonchev–Trinajstić information content (AvgIpc) is 2.51. The van der Waals surface area contributed by atoms with Crippen LogP contribution in [0, 0.1) is 5.92 Å². The summed E-state index contributed by atoms with van der Waals surface area (Å²) in [6.07, 6.45) is 2.96. The number of aromatic nitrogens is 1. The van der Waals surface area contributed by atoms with Crippen molar-refractivity contribution in [3.63, 3.8) is 0 Å². The highest BCUT2D eigenvalue weighted by molar-refractivity contribution is 5.96. The van der Waals surface area contributed by atoms with E-state index in [-0.39, 0.29) is 12.0 Å². The largest absolute Gasteiger partial charge is 0.480 e. The Morgan fingerprint density at radius 3 is 2.55 bits per heavy atom. The Balaban J connectivity index is 2.84. The lowest BCUT2D eigenvalue weighted by atomic mass is 9.99. The number of nitrogens with one attached hydrogen (secondary N) is 1. The molecule has 122 valence electrons. The molecule has 0 aliphatic heterocycles. The van der Waals surface area contributed by atoms with Crippen LogP contribution in [0.3, 0.4) is 0 Å². The van der Waals surface area contributed by atoms with E-state index in [1.165, 1.54) is 18.3 Å². The molecule has 0 spiro atoms. The molecule has 0 fully saturated rings. The molecule has 0 saturated heterocycles. The van der Waals surface area contributed by atoms with Gasteiger partial charge in [-0.15, -0.1) is 0 Å². The third kappa shape index (κ3) is 5.02. The van der Waals surface area contributed by atoms with Crippen molar-refractivity contribution in [2.24, 2.45) is 5.92 Å². The molecule has 3 atom stereocenters. The van der Waals surface area contributed by atoms with E-state index in [1.807, 2.05) is 20.8 Å². The minimum atomic E-state index is -1.03. The lowest BCUT2D eigenvalue weighted by Gasteiger charge is -2.20. The molecular weight excluding hydrogens is 284 g/mol. The van der Waals surface area contributed by atoms with Gasteiger partial charge in [-0.05, 0) is 25.3 Å². The number of hydrogen-bond acceptors (Lipinski definition) is 4. The first-order valence-electron chi connectivity index (χ1n) is 7.55. The van der Waals surface area contributed by atoms with Crippen molar-refractivity contribution in [1.29, 1.82) is 0 Å². The molecular formula is C16H24N2O4. The monoisotopic (exact) mass is 308 g/mol. The molecule has 0 bridgehead atoms. The molecule has 1 rings (SSSR count). The van der Waals surface area contributed by atoms with Gasteiger partial charge >= 0.3 is 5.97 Å². The molecule has 1 amide bonds. The Morgan fingerprint density at radius 1 is 1.32 bits per heavy atom. The fourth-order valence-corrected chi connectivity index (χ4v) is 1.81. The molecule has 6 nitrogen and oxygen atoms in total. The number of carbonyl (C=O) groups is 2. The van der Waals surface area contributed by atoms with E-state index in [1.54, 1.807) is 6.92 Å². The Morgan fingerprint density at radius 2 is 2.00 bits per heavy atom. The van der Waals surface area contributed by atoms with Crippen LogP contribution >= 0.6 is 0 Å². The van der Waals surface area contributed by atoms with Gasteiger partial charge in [0.15, 0.2) is 0 Å². The number of aliphatic carboxylic acids is 1. The third-order valence-electron chi connectivity index (χ3n) is 3.66. The number of amides is 1. The maximum atomic E-state index is 12.2. The number of pyridine rings is 1. The predicted molar refractivity (Wildman–Crippen MR) is 83.0 cm³/mol. The fraction of sp³-hybridized carbons (Fsp3) is 0.562. The molecule has 0 saturated carbocycles. The quantitative estimate of drug-likeness (QED) is 0.770. The molecule has 1 aromatic rings. The summed E-state index contributed by atoms with van der Waals surface area (Å²) in [5, 5.41) is 11.8. The summed E-state index contributed by atoms with van der Waals surface area (Å²) in [5.74, 6) is -1.27. The summed E-state index contributed by atoms with van der Waals surface area (Å²) < 4.78 is 5.57. The van der Waals surface area contributed by atoms with Crippen LogP contribution in [-0.2, 0) is 4.79 Å². The van der Waals surface area contributed by atoms with E-state index in [9.17, 15) is 14.7 Å². The Hall–Kier alpha value is -2.11. The molecule has 0 aliphatic rings. The van der Waals surface area contributed by atoms with E-state index in [0.29, 0.717) is 17.9 Å². The molecule has 22 heavy (non-hydrogen) atoms. The first kappa shape index (κ1) is 17.9. The van der Waals surface area contributed by atoms with Crippen LogP contribution in [0.15, 0.2) is 18.3 Å². The summed E-state index contributed by atoms with van der Waals surface area (Å²) in [7, 11) is 0. The first-order chi connectivity index (χ1) is 10.4. The minimum absolute atomic E-state index is 0.00214. The van der Waals surface area contributed by atoms with Crippen LogP contribution in [0.2, 0.25) is 0 Å². The van der Waals surface area contributed by atoms with Gasteiger partial charge in [0.05, 0.1) is 6.10 Å². The maximum Gasteiger partial charge on any atom is 0.326 e. The summed E-state index contributed by atoms with van der Waals surface area (Å²) in [5.41, 5.74) is 0.336. The molecule has 0 radical (unpaired) electrons. The van der Waals surface area contributed by atoms with E-state index in [2.05, 4.69) is 10.3 Å². The number of hydrogen-bond donors (Lipinski definition) is 2. The summed E-state index contributed by atoms with van der Waals surface area (Å²) in [6, 6.07) is 2.15. The first-order valence-corrected chi connectivity index (χ1v) is 7.55. The van der Waals surface area contributed by atoms with Crippen molar-refractivity contribution in [3.05, 3.63) is 23.9 Å². The van der Waals surface area contributed by atoms with Crippen molar-refractivity contribution >= 4 is 11.9 Å². The average molecular weight is 308 g/mol. The Kier molecular flexibility index (Phi) is 6.82. The van der Waals surface area contributed by atoms with E-state index >= 15 is 0 Å². The molecule has 1 unspecified atom stereocenters. The van der Waals surface area contributed by atoms with Crippen molar-refractivity contribution in [3.8, 4) is 5.88 Å². The van der Waals surface area contributed by atoms with Crippen molar-refractivity contribution in [2.45, 2.75) is 52.7 Å². The number of ether oxygens (including phenoxy) is 1. The van der Waals surface area contributed by atoms with E-state index in [4.69, 9.17) is 4.74 Å². The summed E-state index contributed by atoms with van der Waals surface area (Å²) >= 11 is 0. The van der Waals surface area contributed by atoms with Crippen LogP contribution in [0.4, 0.5) is 0 Å². The van der Waals surface area contributed by atoms with Gasteiger partial charge in [-0.3, -0.25) is 4.79 Å². The number of rotatable bonds is 8. The summed E-state index contributed by atoms with van der Waals surface area (Å²) in [4.78, 5) is 27.6. The van der Waals surface area contributed by atoms with Crippen molar-refractivity contribution in [2.75, 3.05) is 0 Å². The zero-order valence-corrected chi connectivity index (χ0v) is 13.5. The molecule has 1 heterocycles. The van der Waals surface area contributed by atoms with Crippen molar-refractivity contribution < 1.29 is 19.4 Å². The molecule has 0 aromatic carbocycles. The number of carboxylic acid groups (broad SMARTS) is 1. The number of carboxylic acids is 1. The Labute approximate surface area is 130 Å². The second-order valence-corrected chi connectivity index (χ2v) is 5.39. The highest BCUT2D eigenvalue weighted by atomic mass is 16.5. The smallest absolute Gasteiger partial charge is 0.326 e. The number of nitrogens with zero attached hydrogens (tertiary/aromatic N) is 1. The van der Waals surface area contributed by atoms with Gasteiger partial charge < -0.3 is 15.2 Å². The van der Waals surface area contributed by atoms with Crippen LogP contribution < -0.4 is 10.1 Å². The molecule has 0 aliphatic carbocycles. The van der Waals surface area contributed by atoms with Gasteiger partial charge in [0.2, 0.25) is 5.88 Å². The summed E-state index contributed by atoms with van der Waals surface area (Å²) in [6.45, 7) is 7.59. The van der Waals surface area contributed by atoms with Gasteiger partial charge in [0, 0.05) is 17.8 Å². The zero-order valence-electron chi connectivity index (χ0n) is 13.5. The van der Waals surface area contributed by atoms with Crippen LogP contribution in [0.5, 0.6) is 5.88 Å². The van der Waals surface area contributed by atoms with Gasteiger partial charge in [-0.2, -0.15) is 0 Å². The molecule has 6 heteroatoms. The SMILES string of the molecule is CCC(C)Oc1cc(C(=O)N[C@H](C(=O)O)[C@@H](C)CC)ccn1. The zero-order chi connectivity index (χ0) is 16.7. The predicted octanol–water partition coefficient (Wildman–Crippen LogP) is 2.49. The second kappa shape index (κ2) is 8.36. The highest BCUT2D eigenvalue weighted by Gasteiger charge is 2.25. The lowest BCUT2D eigenvalue weighted by Crippen LogP contribution is -2.45. The topological polar surface area (TPSA) is 88.5 Å². The lowest BCUT2D eigenvalue weighted by molar-refractivity contribution is -0.140. The third-order valence-corrected chi connectivity index (χ3v) is 3.66. The second-order valence-electron chi connectivity index (χ2n) is 5.39. The van der Waals surface area contributed by atoms with Gasteiger partial charge in [0.25, 0.3) is 5.91 Å². The van der Waals surface area contributed by atoms with Crippen LogP contribution in [-0.4, -0.2) is 34.1 Å². The molecule has 1 aromatic heterocycles. The normalized spacial score (nSPS) is 14.7. The molecule has 2 N–H and O–H groups in total. The standard InChI is InChI=1S/C16H24N2O4/c1-5-10(3)14(16(20)21)18-15(19)12-7-8-17-13(9-12)22-11(4)6-2/h7-11,14H,5-6H2,1-4H3,(H,18,19)(H,20,21)/t10-,11?,14-/m0/s1.